The fourth-order valence-electron chi connectivity index (χ4n) is 2.52. The molecule has 0 saturated heterocycles. The van der Waals surface area contributed by atoms with Crippen molar-refractivity contribution in [2.75, 3.05) is 0 Å². The zero-order valence-electron chi connectivity index (χ0n) is 9.86. The van der Waals surface area contributed by atoms with Crippen LogP contribution in [0.1, 0.15) is 56.7 Å². The van der Waals surface area contributed by atoms with Crippen LogP contribution in [0.4, 0.5) is 0 Å². The molecule has 1 saturated carbocycles. The summed E-state index contributed by atoms with van der Waals surface area (Å²) in [5.41, 5.74) is 6.63. The van der Waals surface area contributed by atoms with Crippen LogP contribution in [0.25, 0.3) is 0 Å². The minimum absolute atomic E-state index is 0.101. The Hall–Kier alpha value is -1.09. The Morgan fingerprint density at radius 1 is 1.38 bits per heavy atom. The first kappa shape index (κ1) is 11.4. The third-order valence-electron chi connectivity index (χ3n) is 3.46. The number of rotatable bonds is 2. The third kappa shape index (κ3) is 2.19. The summed E-state index contributed by atoms with van der Waals surface area (Å²) in [5, 5.41) is 0. The number of pyridine rings is 1. The molecule has 1 aliphatic carbocycles. The van der Waals surface area contributed by atoms with Gasteiger partial charge in [-0.25, -0.2) is 0 Å². The van der Waals surface area contributed by atoms with E-state index in [0.29, 0.717) is 6.04 Å². The van der Waals surface area contributed by atoms with Crippen LogP contribution in [0, 0.1) is 0 Å². The highest BCUT2D eigenvalue weighted by atomic mass is 16.1. The van der Waals surface area contributed by atoms with Gasteiger partial charge >= 0.3 is 0 Å². The van der Waals surface area contributed by atoms with E-state index in [4.69, 9.17) is 5.73 Å². The molecule has 2 rings (SSSR count). The molecule has 0 radical (unpaired) electrons. The van der Waals surface area contributed by atoms with Crippen molar-refractivity contribution in [3.8, 4) is 0 Å². The van der Waals surface area contributed by atoms with Crippen LogP contribution in [-0.2, 0) is 0 Å². The minimum Gasteiger partial charge on any atom is -0.324 e. The lowest BCUT2D eigenvalue weighted by Gasteiger charge is -2.24. The predicted molar refractivity (Wildman–Crippen MR) is 65.4 cm³/mol. The highest BCUT2D eigenvalue weighted by Crippen LogP contribution is 2.26. The molecule has 1 aromatic rings. The first-order valence-corrected chi connectivity index (χ1v) is 6.17. The maximum Gasteiger partial charge on any atom is 0.255 e. The second-order valence-electron chi connectivity index (χ2n) is 4.76. The van der Waals surface area contributed by atoms with Gasteiger partial charge in [0.05, 0.1) is 0 Å². The van der Waals surface area contributed by atoms with Gasteiger partial charge in [0.25, 0.3) is 5.56 Å². The van der Waals surface area contributed by atoms with Gasteiger partial charge in [0.2, 0.25) is 0 Å². The Morgan fingerprint density at radius 2 is 2.06 bits per heavy atom. The van der Waals surface area contributed by atoms with Gasteiger partial charge in [0.15, 0.2) is 0 Å². The van der Waals surface area contributed by atoms with Crippen molar-refractivity contribution < 1.29 is 0 Å². The monoisotopic (exact) mass is 220 g/mol. The standard InChI is InChI=1S/C13H20N2O/c1-10(14)12-8-5-9-15(13(12)16)11-6-3-2-4-7-11/h5,8-11H,2-4,6-7,14H2,1H3. The average Bonchev–Trinajstić information content (AvgIpc) is 2.30. The van der Waals surface area contributed by atoms with Gasteiger partial charge in [0, 0.05) is 23.8 Å². The quantitative estimate of drug-likeness (QED) is 0.831. The lowest BCUT2D eigenvalue weighted by Crippen LogP contribution is -2.30. The van der Waals surface area contributed by atoms with Gasteiger partial charge in [-0.15, -0.1) is 0 Å². The fraction of sp³-hybridized carbons (Fsp3) is 0.615. The van der Waals surface area contributed by atoms with Crippen LogP contribution in [0.3, 0.4) is 0 Å². The Balaban J connectivity index is 2.33. The first-order chi connectivity index (χ1) is 7.70. The van der Waals surface area contributed by atoms with Gasteiger partial charge in [-0.2, -0.15) is 0 Å². The Morgan fingerprint density at radius 3 is 2.69 bits per heavy atom. The van der Waals surface area contributed by atoms with Crippen LogP contribution in [0.5, 0.6) is 0 Å². The molecule has 16 heavy (non-hydrogen) atoms. The largest absolute Gasteiger partial charge is 0.324 e. The number of nitrogens with zero attached hydrogens (tertiary/aromatic N) is 1. The molecule has 1 heterocycles. The van der Waals surface area contributed by atoms with E-state index in [1.54, 1.807) is 0 Å². The molecule has 0 bridgehead atoms. The molecule has 1 atom stereocenters. The SMILES string of the molecule is CC(N)c1cccn(C2CCCCC2)c1=O. The van der Waals surface area contributed by atoms with Crippen molar-refractivity contribution in [1.82, 2.24) is 4.57 Å². The van der Waals surface area contributed by atoms with Crippen molar-refractivity contribution in [3.05, 3.63) is 34.2 Å². The molecule has 88 valence electrons. The lowest BCUT2D eigenvalue weighted by atomic mass is 9.95. The molecule has 1 unspecified atom stereocenters. The number of nitrogens with two attached hydrogens (primary N) is 1. The molecule has 0 spiro atoms. The van der Waals surface area contributed by atoms with E-state index in [0.717, 1.165) is 18.4 Å². The molecule has 1 fully saturated rings. The Bertz CT molecular complexity index is 403. The van der Waals surface area contributed by atoms with Crippen LogP contribution >= 0.6 is 0 Å². The maximum atomic E-state index is 12.2. The van der Waals surface area contributed by atoms with Crippen LogP contribution < -0.4 is 11.3 Å². The zero-order valence-corrected chi connectivity index (χ0v) is 9.86. The zero-order chi connectivity index (χ0) is 11.5. The molecule has 2 N–H and O–H groups in total. The summed E-state index contributed by atoms with van der Waals surface area (Å²) >= 11 is 0. The topological polar surface area (TPSA) is 48.0 Å². The minimum atomic E-state index is -0.177. The first-order valence-electron chi connectivity index (χ1n) is 6.17. The predicted octanol–water partition coefficient (Wildman–Crippen LogP) is 2.37. The van der Waals surface area contributed by atoms with Crippen molar-refractivity contribution in [2.45, 2.75) is 51.1 Å². The lowest BCUT2D eigenvalue weighted by molar-refractivity contribution is 0.345. The van der Waals surface area contributed by atoms with E-state index >= 15 is 0 Å². The van der Waals surface area contributed by atoms with E-state index in [1.165, 1.54) is 19.3 Å². The van der Waals surface area contributed by atoms with Crippen molar-refractivity contribution >= 4 is 0 Å². The highest BCUT2D eigenvalue weighted by molar-refractivity contribution is 5.14. The van der Waals surface area contributed by atoms with Crippen LogP contribution in [0.2, 0.25) is 0 Å². The van der Waals surface area contributed by atoms with Gasteiger partial charge in [-0.1, -0.05) is 25.3 Å². The summed E-state index contributed by atoms with van der Waals surface area (Å²) in [7, 11) is 0. The highest BCUT2D eigenvalue weighted by Gasteiger charge is 2.17. The summed E-state index contributed by atoms with van der Waals surface area (Å²) in [6, 6.07) is 3.99. The van der Waals surface area contributed by atoms with E-state index in [2.05, 4.69) is 0 Å². The number of aromatic nitrogens is 1. The van der Waals surface area contributed by atoms with E-state index in [1.807, 2.05) is 29.8 Å². The number of hydrogen-bond donors (Lipinski definition) is 1. The molecule has 3 nitrogen and oxygen atoms in total. The molecule has 1 aliphatic rings. The molecular formula is C13H20N2O. The summed E-state index contributed by atoms with van der Waals surface area (Å²) in [6.07, 6.45) is 7.94. The summed E-state index contributed by atoms with van der Waals surface area (Å²) in [5.74, 6) is 0. The third-order valence-corrected chi connectivity index (χ3v) is 3.46. The van der Waals surface area contributed by atoms with Gasteiger partial charge in [-0.3, -0.25) is 4.79 Å². The van der Waals surface area contributed by atoms with E-state index in [9.17, 15) is 4.79 Å². The smallest absolute Gasteiger partial charge is 0.255 e. The second kappa shape index (κ2) is 4.83. The van der Waals surface area contributed by atoms with Crippen molar-refractivity contribution in [3.63, 3.8) is 0 Å². The molecule has 0 aliphatic heterocycles. The van der Waals surface area contributed by atoms with Gasteiger partial charge in [-0.05, 0) is 25.8 Å². The maximum absolute atomic E-state index is 12.2. The van der Waals surface area contributed by atoms with Crippen LogP contribution in [0.15, 0.2) is 23.1 Å². The Kier molecular flexibility index (Phi) is 3.44. The van der Waals surface area contributed by atoms with E-state index < -0.39 is 0 Å². The van der Waals surface area contributed by atoms with Gasteiger partial charge < -0.3 is 10.3 Å². The second-order valence-corrected chi connectivity index (χ2v) is 4.76. The van der Waals surface area contributed by atoms with Crippen LogP contribution in [-0.4, -0.2) is 4.57 Å². The fourth-order valence-corrected chi connectivity index (χ4v) is 2.52. The molecular weight excluding hydrogens is 200 g/mol. The molecule has 0 amide bonds. The van der Waals surface area contributed by atoms with Crippen molar-refractivity contribution in [2.24, 2.45) is 5.73 Å². The average molecular weight is 220 g/mol. The summed E-state index contributed by atoms with van der Waals surface area (Å²) in [6.45, 7) is 1.86. The summed E-state index contributed by atoms with van der Waals surface area (Å²) in [4.78, 5) is 12.2. The van der Waals surface area contributed by atoms with Crippen molar-refractivity contribution in [1.29, 1.82) is 0 Å². The van der Waals surface area contributed by atoms with E-state index in [-0.39, 0.29) is 11.6 Å². The Labute approximate surface area is 96.3 Å². The molecule has 0 aromatic carbocycles. The van der Waals surface area contributed by atoms with Gasteiger partial charge in [0.1, 0.15) is 0 Å². The normalized spacial score (nSPS) is 19.6. The summed E-state index contributed by atoms with van der Waals surface area (Å²) < 4.78 is 1.89. The number of hydrogen-bond acceptors (Lipinski definition) is 2. The molecule has 1 aromatic heterocycles. The molecule has 3 heteroatoms.